The molecule has 1 aromatic rings. The molecule has 0 saturated heterocycles. The molecule has 0 aliphatic rings. The van der Waals surface area contributed by atoms with Crippen molar-refractivity contribution < 1.29 is 8.42 Å². The van der Waals surface area contributed by atoms with E-state index in [1.165, 1.54) is 0 Å². The second-order valence-corrected chi connectivity index (χ2v) is 8.25. The SMILES string of the molecule is CNCc1cc(Br)c(C)c(S(=O)(=O)NCCCC(C)C)c1. The highest BCUT2D eigenvalue weighted by Crippen LogP contribution is 2.25. The van der Waals surface area contributed by atoms with Gasteiger partial charge in [-0.2, -0.15) is 0 Å². The van der Waals surface area contributed by atoms with E-state index in [1.807, 2.05) is 20.0 Å². The van der Waals surface area contributed by atoms with Crippen LogP contribution in [0.1, 0.15) is 37.8 Å². The van der Waals surface area contributed by atoms with Crippen LogP contribution in [0, 0.1) is 12.8 Å². The van der Waals surface area contributed by atoms with Gasteiger partial charge in [-0.1, -0.05) is 29.8 Å². The summed E-state index contributed by atoms with van der Waals surface area (Å²) >= 11 is 3.44. The van der Waals surface area contributed by atoms with Gasteiger partial charge in [-0.05, 0) is 56.0 Å². The largest absolute Gasteiger partial charge is 0.316 e. The summed E-state index contributed by atoms with van der Waals surface area (Å²) in [6.07, 6.45) is 1.87. The normalized spacial score (nSPS) is 12.1. The van der Waals surface area contributed by atoms with Crippen LogP contribution in [-0.4, -0.2) is 22.0 Å². The van der Waals surface area contributed by atoms with Crippen LogP contribution in [0.3, 0.4) is 0 Å². The Bertz CT molecular complexity index is 571. The summed E-state index contributed by atoms with van der Waals surface area (Å²) in [6.45, 7) is 7.20. The number of nitrogens with one attached hydrogen (secondary N) is 2. The minimum Gasteiger partial charge on any atom is -0.316 e. The zero-order valence-electron chi connectivity index (χ0n) is 13.2. The van der Waals surface area contributed by atoms with E-state index in [4.69, 9.17) is 0 Å². The van der Waals surface area contributed by atoms with Crippen molar-refractivity contribution in [1.29, 1.82) is 0 Å². The van der Waals surface area contributed by atoms with E-state index in [2.05, 4.69) is 39.8 Å². The fourth-order valence-corrected chi connectivity index (χ4v) is 4.11. The highest BCUT2D eigenvalue weighted by molar-refractivity contribution is 9.10. The second-order valence-electron chi connectivity index (χ2n) is 5.66. The van der Waals surface area contributed by atoms with E-state index in [0.29, 0.717) is 23.9 Å². The lowest BCUT2D eigenvalue weighted by Gasteiger charge is -2.13. The van der Waals surface area contributed by atoms with E-state index in [1.54, 1.807) is 6.07 Å². The summed E-state index contributed by atoms with van der Waals surface area (Å²) in [5.41, 5.74) is 1.68. The minimum atomic E-state index is -3.46. The van der Waals surface area contributed by atoms with Crippen molar-refractivity contribution >= 4 is 26.0 Å². The molecule has 0 fully saturated rings. The van der Waals surface area contributed by atoms with Crippen molar-refractivity contribution in [1.82, 2.24) is 10.0 Å². The van der Waals surface area contributed by atoms with Gasteiger partial charge in [-0.15, -0.1) is 0 Å². The summed E-state index contributed by atoms with van der Waals surface area (Å²) in [5.74, 6) is 0.587. The number of benzene rings is 1. The summed E-state index contributed by atoms with van der Waals surface area (Å²) in [7, 11) is -1.62. The summed E-state index contributed by atoms with van der Waals surface area (Å²) in [5, 5.41) is 3.04. The Hall–Kier alpha value is -0.430. The third-order valence-corrected chi connectivity index (χ3v) is 5.69. The molecule has 0 aliphatic carbocycles. The lowest BCUT2D eigenvalue weighted by atomic mass is 10.1. The molecule has 0 radical (unpaired) electrons. The molecule has 2 N–H and O–H groups in total. The van der Waals surface area contributed by atoms with Gasteiger partial charge >= 0.3 is 0 Å². The van der Waals surface area contributed by atoms with E-state index in [9.17, 15) is 8.42 Å². The van der Waals surface area contributed by atoms with Crippen molar-refractivity contribution in [2.75, 3.05) is 13.6 Å². The molecule has 0 aliphatic heterocycles. The van der Waals surface area contributed by atoms with Gasteiger partial charge in [0.1, 0.15) is 0 Å². The number of sulfonamides is 1. The predicted molar refractivity (Wildman–Crippen MR) is 90.9 cm³/mol. The molecule has 1 rings (SSSR count). The van der Waals surface area contributed by atoms with Crippen LogP contribution in [0.25, 0.3) is 0 Å². The van der Waals surface area contributed by atoms with E-state index in [-0.39, 0.29) is 0 Å². The first kappa shape index (κ1) is 18.6. The third kappa shape index (κ3) is 5.70. The molecule has 21 heavy (non-hydrogen) atoms. The first-order chi connectivity index (χ1) is 9.77. The molecule has 0 spiro atoms. The van der Waals surface area contributed by atoms with Crippen molar-refractivity contribution in [3.8, 4) is 0 Å². The van der Waals surface area contributed by atoms with Crippen molar-refractivity contribution in [3.05, 3.63) is 27.7 Å². The molecule has 4 nitrogen and oxygen atoms in total. The predicted octanol–water partition coefficient (Wildman–Crippen LogP) is 3.19. The van der Waals surface area contributed by atoms with Crippen LogP contribution in [0.5, 0.6) is 0 Å². The number of hydrogen-bond acceptors (Lipinski definition) is 3. The zero-order valence-corrected chi connectivity index (χ0v) is 15.6. The van der Waals surface area contributed by atoms with E-state index in [0.717, 1.165) is 28.4 Å². The molecule has 0 heterocycles. The third-order valence-electron chi connectivity index (χ3n) is 3.28. The fourth-order valence-electron chi connectivity index (χ4n) is 2.09. The molecule has 0 amide bonds. The van der Waals surface area contributed by atoms with Crippen LogP contribution >= 0.6 is 15.9 Å². The Morgan fingerprint density at radius 3 is 2.52 bits per heavy atom. The quantitative estimate of drug-likeness (QED) is 0.684. The van der Waals surface area contributed by atoms with Gasteiger partial charge in [0.15, 0.2) is 0 Å². The van der Waals surface area contributed by atoms with Crippen molar-refractivity contribution in [2.24, 2.45) is 5.92 Å². The van der Waals surface area contributed by atoms with Gasteiger partial charge in [-0.3, -0.25) is 0 Å². The molecule has 0 bridgehead atoms. The smallest absolute Gasteiger partial charge is 0.240 e. The van der Waals surface area contributed by atoms with E-state index < -0.39 is 10.0 Å². The molecule has 0 atom stereocenters. The van der Waals surface area contributed by atoms with Crippen molar-refractivity contribution in [2.45, 2.75) is 45.1 Å². The number of hydrogen-bond donors (Lipinski definition) is 2. The molecule has 1 aromatic carbocycles. The van der Waals surface area contributed by atoms with Crippen LogP contribution in [0.2, 0.25) is 0 Å². The highest BCUT2D eigenvalue weighted by atomic mass is 79.9. The van der Waals surface area contributed by atoms with Gasteiger partial charge < -0.3 is 5.32 Å². The molecule has 0 aromatic heterocycles. The van der Waals surface area contributed by atoms with Crippen LogP contribution in [0.15, 0.2) is 21.5 Å². The van der Waals surface area contributed by atoms with Crippen molar-refractivity contribution in [3.63, 3.8) is 0 Å². The highest BCUT2D eigenvalue weighted by Gasteiger charge is 2.18. The monoisotopic (exact) mass is 376 g/mol. The first-order valence-corrected chi connectivity index (χ1v) is 9.49. The lowest BCUT2D eigenvalue weighted by Crippen LogP contribution is -2.26. The first-order valence-electron chi connectivity index (χ1n) is 7.21. The molecule has 6 heteroatoms. The van der Waals surface area contributed by atoms with Crippen LogP contribution in [-0.2, 0) is 16.6 Å². The topological polar surface area (TPSA) is 58.2 Å². The lowest BCUT2D eigenvalue weighted by molar-refractivity contribution is 0.539. The Morgan fingerprint density at radius 1 is 1.29 bits per heavy atom. The zero-order chi connectivity index (χ0) is 16.0. The molecule has 0 unspecified atom stereocenters. The Labute approximate surface area is 136 Å². The Balaban J connectivity index is 2.91. The fraction of sp³-hybridized carbons (Fsp3) is 0.600. The number of halogens is 1. The Morgan fingerprint density at radius 2 is 1.95 bits per heavy atom. The van der Waals surface area contributed by atoms with Gasteiger partial charge in [-0.25, -0.2) is 13.1 Å². The average molecular weight is 377 g/mol. The summed E-state index contributed by atoms with van der Waals surface area (Å²) < 4.78 is 28.4. The maximum Gasteiger partial charge on any atom is 0.240 e. The average Bonchev–Trinajstić information content (AvgIpc) is 2.38. The van der Waals surface area contributed by atoms with E-state index >= 15 is 0 Å². The summed E-state index contributed by atoms with van der Waals surface area (Å²) in [4.78, 5) is 0.353. The molecular weight excluding hydrogens is 352 g/mol. The molecule has 0 saturated carbocycles. The second kappa shape index (κ2) is 8.27. The molecule has 120 valence electrons. The maximum atomic E-state index is 12.5. The van der Waals surface area contributed by atoms with Crippen LogP contribution in [0.4, 0.5) is 0 Å². The van der Waals surface area contributed by atoms with Gasteiger partial charge in [0.05, 0.1) is 4.90 Å². The number of rotatable bonds is 8. The maximum absolute atomic E-state index is 12.5. The van der Waals surface area contributed by atoms with Gasteiger partial charge in [0, 0.05) is 17.6 Å². The van der Waals surface area contributed by atoms with Gasteiger partial charge in [0.25, 0.3) is 0 Å². The van der Waals surface area contributed by atoms with Gasteiger partial charge in [0.2, 0.25) is 10.0 Å². The standard InChI is InChI=1S/C15H25BrN2O2S/c1-11(2)6-5-7-18-21(19,20)15-9-13(10-17-4)8-14(16)12(15)3/h8-9,11,17-18H,5-7,10H2,1-4H3. The summed E-state index contributed by atoms with van der Waals surface area (Å²) in [6, 6.07) is 3.69. The Kier molecular flexibility index (Phi) is 7.33. The molecular formula is C15H25BrN2O2S. The van der Waals surface area contributed by atoms with Crippen LogP contribution < -0.4 is 10.0 Å². The minimum absolute atomic E-state index is 0.353.